The second kappa shape index (κ2) is 8.35. The molecule has 3 rings (SSSR count). The molecule has 0 saturated heterocycles. The van der Waals surface area contributed by atoms with Gasteiger partial charge in [-0.15, -0.1) is 0 Å². The van der Waals surface area contributed by atoms with E-state index >= 15 is 0 Å². The molecule has 148 valence electrons. The molecule has 0 fully saturated rings. The fourth-order valence-electron chi connectivity index (χ4n) is 3.04. The van der Waals surface area contributed by atoms with Gasteiger partial charge in [0.2, 0.25) is 11.5 Å². The van der Waals surface area contributed by atoms with Gasteiger partial charge in [0.25, 0.3) is 11.2 Å². The van der Waals surface area contributed by atoms with E-state index < -0.39 is 5.97 Å². The molecule has 0 radical (unpaired) electrons. The Morgan fingerprint density at radius 2 is 2.14 bits per heavy atom. The molecule has 8 heteroatoms. The molecule has 0 aliphatic carbocycles. The van der Waals surface area contributed by atoms with Crippen LogP contribution in [0, 0.1) is 0 Å². The van der Waals surface area contributed by atoms with Gasteiger partial charge < -0.3 is 15.2 Å². The van der Waals surface area contributed by atoms with Crippen molar-refractivity contribution in [1.82, 2.24) is 9.38 Å². The van der Waals surface area contributed by atoms with Crippen LogP contribution in [0.3, 0.4) is 0 Å². The Hall–Kier alpha value is -3.00. The van der Waals surface area contributed by atoms with Crippen LogP contribution < -0.4 is 15.9 Å². The van der Waals surface area contributed by atoms with E-state index in [4.69, 9.17) is 15.2 Å². The Bertz CT molecular complexity index is 1080. The zero-order chi connectivity index (χ0) is 20.3. The summed E-state index contributed by atoms with van der Waals surface area (Å²) in [5.74, 6) is -0.339. The highest BCUT2D eigenvalue weighted by Gasteiger charge is 2.24. The average Bonchev–Trinajstić information content (AvgIpc) is 2.66. The number of aryl methyl sites for hydroxylation is 1. The predicted octanol–water partition coefficient (Wildman–Crippen LogP) is 1.71. The molecule has 0 aromatic carbocycles. The lowest BCUT2D eigenvalue weighted by Crippen LogP contribution is -2.42. The number of aromatic nitrogens is 3. The first kappa shape index (κ1) is 19.8. The van der Waals surface area contributed by atoms with Gasteiger partial charge >= 0.3 is 5.97 Å². The summed E-state index contributed by atoms with van der Waals surface area (Å²) < 4.78 is 13.8. The van der Waals surface area contributed by atoms with Gasteiger partial charge in [0, 0.05) is 19.2 Å². The Morgan fingerprint density at radius 1 is 1.36 bits per heavy atom. The molecule has 0 bridgehead atoms. The molecule has 3 aromatic rings. The molecule has 3 heterocycles. The number of anilines is 1. The number of carbonyl (C=O) groups excluding carboxylic acids is 1. The maximum Gasteiger partial charge on any atom is 0.344 e. The second-order valence-corrected chi connectivity index (χ2v) is 6.67. The predicted molar refractivity (Wildman–Crippen MR) is 105 cm³/mol. The summed E-state index contributed by atoms with van der Waals surface area (Å²) >= 11 is 0. The van der Waals surface area contributed by atoms with E-state index in [9.17, 15) is 9.59 Å². The normalized spacial score (nSPS) is 11.4. The smallest absolute Gasteiger partial charge is 0.344 e. The van der Waals surface area contributed by atoms with Crippen molar-refractivity contribution in [2.24, 2.45) is 0 Å². The molecule has 0 atom stereocenters. The van der Waals surface area contributed by atoms with E-state index in [1.807, 2.05) is 19.9 Å². The Morgan fingerprint density at radius 3 is 2.86 bits per heavy atom. The molecule has 0 unspecified atom stereocenters. The van der Waals surface area contributed by atoms with Gasteiger partial charge in [-0.3, -0.25) is 9.20 Å². The van der Waals surface area contributed by atoms with Crippen LogP contribution in [0.1, 0.15) is 37.6 Å². The molecule has 0 aliphatic rings. The van der Waals surface area contributed by atoms with Gasteiger partial charge in [0.1, 0.15) is 10.9 Å². The molecule has 0 saturated carbocycles. The summed E-state index contributed by atoms with van der Waals surface area (Å²) in [5.41, 5.74) is 7.13. The van der Waals surface area contributed by atoms with Crippen molar-refractivity contribution < 1.29 is 18.8 Å². The summed E-state index contributed by atoms with van der Waals surface area (Å²) in [5, 5.41) is 0.311. The van der Waals surface area contributed by atoms with E-state index in [1.165, 1.54) is 10.5 Å². The van der Waals surface area contributed by atoms with Crippen LogP contribution in [0.2, 0.25) is 0 Å². The minimum atomic E-state index is -0.563. The number of nitrogens with two attached hydrogens (primary N) is 1. The number of rotatable bonds is 7. The van der Waals surface area contributed by atoms with Gasteiger partial charge in [-0.25, -0.2) is 9.36 Å². The molecule has 3 aromatic heterocycles. The summed E-state index contributed by atoms with van der Waals surface area (Å²) in [4.78, 5) is 30.0. The summed E-state index contributed by atoms with van der Waals surface area (Å²) in [6.07, 6.45) is 2.42. The number of nitrogens with zero attached hydrogens (tertiary/aromatic N) is 3. The van der Waals surface area contributed by atoms with Gasteiger partial charge in [0.15, 0.2) is 0 Å². The van der Waals surface area contributed by atoms with Gasteiger partial charge in [0.05, 0.1) is 19.3 Å². The standard InChI is InChI=1S/C20H24N4O4/c1-4-27-20(26)14-12-15-18(22-16-8-5-6-9-23(16)19(15)25)24(17(14)21)10-7-11-28-13(2)3/h5-6,8-9,12-13,21H,4,7,10-11H2,1-3H3/p+1. The highest BCUT2D eigenvalue weighted by Crippen LogP contribution is 2.16. The van der Waals surface area contributed by atoms with Crippen molar-refractivity contribution in [3.05, 3.63) is 46.4 Å². The fraction of sp³-hybridized carbons (Fsp3) is 0.400. The third kappa shape index (κ3) is 3.82. The monoisotopic (exact) mass is 385 g/mol. The molecule has 28 heavy (non-hydrogen) atoms. The van der Waals surface area contributed by atoms with E-state index in [1.54, 1.807) is 29.8 Å². The molecule has 0 amide bonds. The largest absolute Gasteiger partial charge is 0.462 e. The Labute approximate surface area is 162 Å². The number of fused-ring (bicyclic) bond motifs is 2. The first-order valence-corrected chi connectivity index (χ1v) is 9.36. The van der Waals surface area contributed by atoms with E-state index in [2.05, 4.69) is 4.98 Å². The Balaban J connectivity index is 2.19. The van der Waals surface area contributed by atoms with Crippen LogP contribution in [0.4, 0.5) is 5.82 Å². The lowest BCUT2D eigenvalue weighted by molar-refractivity contribution is -0.659. The zero-order valence-corrected chi connectivity index (χ0v) is 16.3. The highest BCUT2D eigenvalue weighted by atomic mass is 16.5. The van der Waals surface area contributed by atoms with Crippen molar-refractivity contribution in [3.63, 3.8) is 0 Å². The second-order valence-electron chi connectivity index (χ2n) is 6.67. The van der Waals surface area contributed by atoms with Crippen LogP contribution in [0.5, 0.6) is 0 Å². The van der Waals surface area contributed by atoms with E-state index in [0.29, 0.717) is 36.3 Å². The van der Waals surface area contributed by atoms with Crippen molar-refractivity contribution in [3.8, 4) is 0 Å². The van der Waals surface area contributed by atoms with Gasteiger partial charge in [-0.2, -0.15) is 0 Å². The maximum absolute atomic E-state index is 13.0. The van der Waals surface area contributed by atoms with Crippen LogP contribution in [-0.2, 0) is 16.0 Å². The molecule has 0 spiro atoms. The number of hydrogen-bond acceptors (Lipinski definition) is 6. The minimum absolute atomic E-state index is 0.122. The highest BCUT2D eigenvalue weighted by molar-refractivity contribution is 5.96. The van der Waals surface area contributed by atoms with Crippen molar-refractivity contribution in [2.45, 2.75) is 39.8 Å². The number of ether oxygens (including phenoxy) is 2. The lowest BCUT2D eigenvalue weighted by Gasteiger charge is -2.12. The molecular formula is C20H25N4O4+. The number of pyridine rings is 2. The number of hydrogen-bond donors (Lipinski definition) is 1. The van der Waals surface area contributed by atoms with Crippen LogP contribution in [-0.4, -0.2) is 34.7 Å². The van der Waals surface area contributed by atoms with Crippen LogP contribution in [0.15, 0.2) is 35.3 Å². The summed E-state index contributed by atoms with van der Waals surface area (Å²) in [6, 6.07) is 6.79. The van der Waals surface area contributed by atoms with Gasteiger partial charge in [-0.05, 0) is 39.0 Å². The average molecular weight is 385 g/mol. The SMILES string of the molecule is CCOC(=O)c1cc2c(=O)n3ccccc3nc2[n+](CCCOC(C)C)c1N. The molecule has 2 N–H and O–H groups in total. The quantitative estimate of drug-likeness (QED) is 0.288. The minimum Gasteiger partial charge on any atom is -0.462 e. The molecule has 8 nitrogen and oxygen atoms in total. The number of esters is 1. The zero-order valence-electron chi connectivity index (χ0n) is 16.3. The van der Waals surface area contributed by atoms with Crippen LogP contribution in [0.25, 0.3) is 16.7 Å². The van der Waals surface area contributed by atoms with E-state index in [-0.39, 0.29) is 29.7 Å². The topological polar surface area (TPSA) is 99.8 Å². The van der Waals surface area contributed by atoms with Gasteiger partial charge in [-0.1, -0.05) is 11.1 Å². The number of carbonyl (C=O) groups is 1. The first-order chi connectivity index (χ1) is 13.4. The maximum atomic E-state index is 13.0. The summed E-state index contributed by atoms with van der Waals surface area (Å²) in [6.45, 7) is 6.85. The van der Waals surface area contributed by atoms with Crippen molar-refractivity contribution in [1.29, 1.82) is 0 Å². The third-order valence-electron chi connectivity index (χ3n) is 4.33. The van der Waals surface area contributed by atoms with Crippen LogP contribution >= 0.6 is 0 Å². The van der Waals surface area contributed by atoms with Crippen molar-refractivity contribution >= 4 is 28.5 Å². The molecule has 0 aliphatic heterocycles. The van der Waals surface area contributed by atoms with E-state index in [0.717, 1.165) is 0 Å². The fourth-order valence-corrected chi connectivity index (χ4v) is 3.04. The third-order valence-corrected chi connectivity index (χ3v) is 4.33. The summed E-state index contributed by atoms with van der Waals surface area (Å²) in [7, 11) is 0. The Kier molecular flexibility index (Phi) is 5.89. The number of nitrogen functional groups attached to an aromatic ring is 1. The molecular weight excluding hydrogens is 360 g/mol. The van der Waals surface area contributed by atoms with Crippen molar-refractivity contribution in [2.75, 3.05) is 18.9 Å². The first-order valence-electron chi connectivity index (χ1n) is 9.36. The lowest BCUT2D eigenvalue weighted by atomic mass is 10.2.